The summed E-state index contributed by atoms with van der Waals surface area (Å²) in [5.41, 5.74) is -2.68. The third kappa shape index (κ3) is 5.70. The van der Waals surface area contributed by atoms with E-state index in [2.05, 4.69) is 5.32 Å². The summed E-state index contributed by atoms with van der Waals surface area (Å²) in [4.78, 5) is 25.8. The molecule has 206 valence electrons. The van der Waals surface area contributed by atoms with Gasteiger partial charge in [-0.3, -0.25) is 4.79 Å². The SMILES string of the molecule is CS(=O)(=O)c1ccccc1-c1ccc(N2CC[C@@H](NC(=O)Nc3ccc(C(F)(F)F)cc3F)C2=O)c(F)c1F. The van der Waals surface area contributed by atoms with E-state index >= 15 is 8.78 Å². The number of nitrogens with zero attached hydrogens (tertiary/aromatic N) is 1. The fourth-order valence-electron chi connectivity index (χ4n) is 4.13. The van der Waals surface area contributed by atoms with Gasteiger partial charge in [0, 0.05) is 23.9 Å². The van der Waals surface area contributed by atoms with Gasteiger partial charge < -0.3 is 15.5 Å². The van der Waals surface area contributed by atoms with Crippen molar-refractivity contribution in [2.45, 2.75) is 23.5 Å². The molecule has 3 aromatic rings. The van der Waals surface area contributed by atoms with E-state index in [9.17, 15) is 35.6 Å². The lowest BCUT2D eigenvalue weighted by Crippen LogP contribution is -2.43. The van der Waals surface area contributed by atoms with Gasteiger partial charge in [0.25, 0.3) is 0 Å². The molecule has 1 aliphatic heterocycles. The van der Waals surface area contributed by atoms with Crippen molar-refractivity contribution in [1.82, 2.24) is 5.32 Å². The van der Waals surface area contributed by atoms with Gasteiger partial charge in [0.15, 0.2) is 21.5 Å². The summed E-state index contributed by atoms with van der Waals surface area (Å²) >= 11 is 0. The van der Waals surface area contributed by atoms with Gasteiger partial charge >= 0.3 is 12.2 Å². The van der Waals surface area contributed by atoms with Gasteiger partial charge in [0.2, 0.25) is 5.91 Å². The Kier molecular flexibility index (Phi) is 7.34. The lowest BCUT2D eigenvalue weighted by atomic mass is 10.0. The number of anilines is 2. The maximum atomic E-state index is 15.1. The topological polar surface area (TPSA) is 95.6 Å². The molecule has 2 N–H and O–H groups in total. The molecule has 1 saturated heterocycles. The molecule has 0 spiro atoms. The molecular weight excluding hydrogens is 552 g/mol. The lowest BCUT2D eigenvalue weighted by molar-refractivity contribution is -0.137. The molecule has 7 nitrogen and oxygen atoms in total. The summed E-state index contributed by atoms with van der Waals surface area (Å²) in [7, 11) is -3.77. The highest BCUT2D eigenvalue weighted by Gasteiger charge is 2.36. The molecule has 3 amide bonds. The molecule has 1 aliphatic rings. The minimum Gasteiger partial charge on any atom is -0.326 e. The van der Waals surface area contributed by atoms with Crippen LogP contribution in [0.2, 0.25) is 0 Å². The van der Waals surface area contributed by atoms with Crippen LogP contribution in [0.4, 0.5) is 42.5 Å². The monoisotopic (exact) mass is 571 g/mol. The van der Waals surface area contributed by atoms with Crippen molar-refractivity contribution < 1.29 is 44.3 Å². The molecule has 0 unspecified atom stereocenters. The van der Waals surface area contributed by atoms with Crippen LogP contribution in [-0.4, -0.2) is 39.2 Å². The first-order chi connectivity index (χ1) is 18.2. The number of alkyl halides is 3. The van der Waals surface area contributed by atoms with E-state index in [-0.39, 0.29) is 35.1 Å². The van der Waals surface area contributed by atoms with Gasteiger partial charge in [-0.1, -0.05) is 18.2 Å². The highest BCUT2D eigenvalue weighted by Crippen LogP contribution is 2.35. The smallest absolute Gasteiger partial charge is 0.326 e. The van der Waals surface area contributed by atoms with Crippen LogP contribution >= 0.6 is 0 Å². The second kappa shape index (κ2) is 10.2. The Morgan fingerprint density at radius 2 is 1.67 bits per heavy atom. The number of benzene rings is 3. The molecule has 4 rings (SSSR count). The Hall–Kier alpha value is -4.07. The van der Waals surface area contributed by atoms with Crippen molar-refractivity contribution in [2.75, 3.05) is 23.0 Å². The number of hydrogen-bond acceptors (Lipinski definition) is 4. The largest absolute Gasteiger partial charge is 0.416 e. The van der Waals surface area contributed by atoms with Crippen LogP contribution in [0, 0.1) is 17.5 Å². The average Bonchev–Trinajstić information content (AvgIpc) is 3.20. The van der Waals surface area contributed by atoms with E-state index in [0.717, 1.165) is 23.3 Å². The predicted molar refractivity (Wildman–Crippen MR) is 129 cm³/mol. The number of nitrogens with one attached hydrogen (secondary N) is 2. The zero-order valence-electron chi connectivity index (χ0n) is 19.9. The molecule has 0 aliphatic carbocycles. The molecule has 1 atom stereocenters. The van der Waals surface area contributed by atoms with Crippen LogP contribution in [0.5, 0.6) is 0 Å². The summed E-state index contributed by atoms with van der Waals surface area (Å²) < 4.78 is 106. The fourth-order valence-corrected chi connectivity index (χ4v) is 5.03. The summed E-state index contributed by atoms with van der Waals surface area (Å²) in [6, 6.07) is 6.83. The normalized spacial score (nSPS) is 15.9. The molecule has 0 bridgehead atoms. The number of carbonyl (C=O) groups excluding carboxylic acids is 2. The third-order valence-electron chi connectivity index (χ3n) is 5.98. The van der Waals surface area contributed by atoms with Crippen LogP contribution in [-0.2, 0) is 20.8 Å². The molecular formula is C25H19F6N3O4S. The molecule has 3 aromatic carbocycles. The Labute approximate surface area is 218 Å². The highest BCUT2D eigenvalue weighted by atomic mass is 32.2. The van der Waals surface area contributed by atoms with Gasteiger partial charge in [0.05, 0.1) is 21.8 Å². The minimum atomic E-state index is -4.79. The number of carbonyl (C=O) groups is 2. The van der Waals surface area contributed by atoms with Gasteiger partial charge in [-0.2, -0.15) is 13.2 Å². The van der Waals surface area contributed by atoms with Gasteiger partial charge in [-0.25, -0.2) is 26.4 Å². The van der Waals surface area contributed by atoms with Crippen LogP contribution in [0.3, 0.4) is 0 Å². The fraction of sp³-hybridized carbons (Fsp3) is 0.200. The Morgan fingerprint density at radius 3 is 2.31 bits per heavy atom. The zero-order chi connectivity index (χ0) is 28.7. The van der Waals surface area contributed by atoms with Crippen LogP contribution in [0.15, 0.2) is 59.5 Å². The molecule has 39 heavy (non-hydrogen) atoms. The summed E-state index contributed by atoms with van der Waals surface area (Å²) in [5, 5.41) is 4.24. The second-order valence-electron chi connectivity index (χ2n) is 8.65. The van der Waals surface area contributed by atoms with E-state index < -0.39 is 68.4 Å². The molecule has 1 heterocycles. The average molecular weight is 571 g/mol. The zero-order valence-corrected chi connectivity index (χ0v) is 20.8. The van der Waals surface area contributed by atoms with E-state index in [1.165, 1.54) is 24.3 Å². The number of hydrogen-bond donors (Lipinski definition) is 2. The van der Waals surface area contributed by atoms with Crippen molar-refractivity contribution in [3.05, 3.63) is 77.6 Å². The number of sulfone groups is 1. The van der Waals surface area contributed by atoms with Crippen molar-refractivity contribution >= 4 is 33.2 Å². The van der Waals surface area contributed by atoms with Crippen molar-refractivity contribution in [3.8, 4) is 11.1 Å². The van der Waals surface area contributed by atoms with Crippen LogP contribution < -0.4 is 15.5 Å². The first-order valence-corrected chi connectivity index (χ1v) is 13.1. The highest BCUT2D eigenvalue weighted by molar-refractivity contribution is 7.90. The maximum absolute atomic E-state index is 15.1. The molecule has 0 aromatic heterocycles. The van der Waals surface area contributed by atoms with E-state index in [4.69, 9.17) is 0 Å². The van der Waals surface area contributed by atoms with Crippen LogP contribution in [0.25, 0.3) is 11.1 Å². The number of amides is 3. The quantitative estimate of drug-likeness (QED) is 0.416. The first-order valence-electron chi connectivity index (χ1n) is 11.2. The number of urea groups is 1. The first kappa shape index (κ1) is 28.0. The minimum absolute atomic E-state index is 0.0402. The molecule has 14 heteroatoms. The summed E-state index contributed by atoms with van der Waals surface area (Å²) in [6.45, 7) is -0.131. The number of halogens is 6. The van der Waals surface area contributed by atoms with E-state index in [1.54, 1.807) is 0 Å². The molecule has 1 fully saturated rings. The van der Waals surface area contributed by atoms with Gasteiger partial charge in [-0.15, -0.1) is 0 Å². The maximum Gasteiger partial charge on any atom is 0.416 e. The standard InChI is InChI=1S/C25H19F6N3O4S/c1-39(37,38)20-5-3-2-4-14(20)15-7-9-19(22(28)21(15)27)34-11-10-18(23(34)35)33-24(36)32-17-8-6-13(12-16(17)26)25(29,30)31/h2-9,12,18H,10-11H2,1H3,(H2,32,33,36)/t18-/m1/s1. The van der Waals surface area contributed by atoms with Gasteiger partial charge in [-0.05, 0) is 42.8 Å². The van der Waals surface area contributed by atoms with Gasteiger partial charge in [0.1, 0.15) is 11.9 Å². The van der Waals surface area contributed by atoms with Crippen molar-refractivity contribution in [2.24, 2.45) is 0 Å². The van der Waals surface area contributed by atoms with Crippen molar-refractivity contribution in [3.63, 3.8) is 0 Å². The third-order valence-corrected chi connectivity index (χ3v) is 7.14. The molecule has 0 radical (unpaired) electrons. The summed E-state index contributed by atoms with van der Waals surface area (Å²) in [6.07, 6.45) is -3.90. The van der Waals surface area contributed by atoms with E-state index in [1.807, 2.05) is 5.32 Å². The molecule has 0 saturated carbocycles. The van der Waals surface area contributed by atoms with E-state index in [0.29, 0.717) is 12.1 Å². The Balaban J connectivity index is 1.50. The lowest BCUT2D eigenvalue weighted by Gasteiger charge is -2.20. The number of rotatable bonds is 5. The summed E-state index contributed by atoms with van der Waals surface area (Å²) in [5.74, 6) is -4.97. The van der Waals surface area contributed by atoms with Crippen LogP contribution in [0.1, 0.15) is 12.0 Å². The Morgan fingerprint density at radius 1 is 0.974 bits per heavy atom. The predicted octanol–water partition coefficient (Wildman–Crippen LogP) is 5.12. The second-order valence-corrected chi connectivity index (χ2v) is 10.6. The Bertz CT molecular complexity index is 1580. The van der Waals surface area contributed by atoms with Crippen molar-refractivity contribution in [1.29, 1.82) is 0 Å².